The average Bonchev–Trinajstić information content (AvgIpc) is 3.14. The number of rotatable bonds is 5. The molecule has 0 unspecified atom stereocenters. The summed E-state index contributed by atoms with van der Waals surface area (Å²) in [5.74, 6) is 0.145. The van der Waals surface area contributed by atoms with Crippen molar-refractivity contribution in [3.05, 3.63) is 47.9 Å². The van der Waals surface area contributed by atoms with E-state index in [9.17, 15) is 22.8 Å². The summed E-state index contributed by atoms with van der Waals surface area (Å²) in [4.78, 5) is 39.3. The van der Waals surface area contributed by atoms with Gasteiger partial charge in [0.1, 0.15) is 28.3 Å². The number of hydrogen-bond acceptors (Lipinski definition) is 7. The van der Waals surface area contributed by atoms with Crippen LogP contribution in [-0.4, -0.2) is 49.6 Å². The maximum atomic E-state index is 13.1. The second kappa shape index (κ2) is 10.6. The minimum Gasteiger partial charge on any atom is -0.443 e. The van der Waals surface area contributed by atoms with Gasteiger partial charge in [0.2, 0.25) is 0 Å². The lowest BCUT2D eigenvalue weighted by Gasteiger charge is -2.28. The largest absolute Gasteiger partial charge is 0.573 e. The van der Waals surface area contributed by atoms with E-state index in [-0.39, 0.29) is 12.2 Å². The third kappa shape index (κ3) is 7.71. The Bertz CT molecular complexity index is 1360. The predicted octanol–water partition coefficient (Wildman–Crippen LogP) is 7.15. The Balaban J connectivity index is 2.14. The average molecular weight is 549 g/mol. The van der Waals surface area contributed by atoms with Gasteiger partial charge < -0.3 is 19.2 Å². The van der Waals surface area contributed by atoms with E-state index in [1.165, 1.54) is 18.2 Å². The molecule has 1 aromatic carbocycles. The molecule has 39 heavy (non-hydrogen) atoms. The summed E-state index contributed by atoms with van der Waals surface area (Å²) in [6.07, 6.45) is -5.21. The van der Waals surface area contributed by atoms with Crippen molar-refractivity contribution in [3.63, 3.8) is 0 Å². The molecule has 0 saturated carbocycles. The Hall–Kier alpha value is -4.09. The smallest absolute Gasteiger partial charge is 0.443 e. The number of imidazole rings is 1. The molecule has 2 heterocycles. The van der Waals surface area contributed by atoms with Crippen molar-refractivity contribution in [1.82, 2.24) is 19.9 Å². The van der Waals surface area contributed by atoms with E-state index < -0.39 is 35.5 Å². The quantitative estimate of drug-likeness (QED) is 0.361. The molecule has 1 N–H and O–H groups in total. The molecular weight excluding hydrogens is 517 g/mol. The summed E-state index contributed by atoms with van der Waals surface area (Å²) in [5, 5.41) is 0. The number of fused-ring (bicyclic) bond motifs is 1. The first-order valence-corrected chi connectivity index (χ1v) is 12.0. The molecule has 210 valence electrons. The summed E-state index contributed by atoms with van der Waals surface area (Å²) in [7, 11) is 0. The monoisotopic (exact) mass is 548 g/mol. The van der Waals surface area contributed by atoms with E-state index in [0.717, 1.165) is 17.0 Å². The van der Waals surface area contributed by atoms with Crippen LogP contribution in [0.3, 0.4) is 0 Å². The number of pyridine rings is 1. The standard InChI is InChI=1S/C27H31F3N4O5/c1-9-18-19(14-34(23(35)38-25(3,4)5)24(36)39-26(6,7)8)33-20(22-21(18)31-15(2)32-22)16-10-12-17(13-11-16)37-27(28,29)30/h9-13H,1,14H2,2-8H3,(H,31,32). The Kier molecular flexibility index (Phi) is 8.00. The molecule has 3 aromatic rings. The number of hydrogen-bond donors (Lipinski definition) is 1. The molecule has 0 aliphatic heterocycles. The number of benzene rings is 1. The predicted molar refractivity (Wildman–Crippen MR) is 139 cm³/mol. The number of carbonyl (C=O) groups is 2. The zero-order valence-electron chi connectivity index (χ0n) is 22.8. The number of halogens is 3. The highest BCUT2D eigenvalue weighted by atomic mass is 19.4. The molecular formula is C27H31F3N4O5. The summed E-state index contributed by atoms with van der Waals surface area (Å²) < 4.78 is 52.8. The second-order valence-electron chi connectivity index (χ2n) is 10.7. The molecule has 2 aromatic heterocycles. The van der Waals surface area contributed by atoms with Gasteiger partial charge in [-0.1, -0.05) is 12.7 Å². The third-order valence-corrected chi connectivity index (χ3v) is 4.97. The van der Waals surface area contributed by atoms with Crippen LogP contribution in [0.5, 0.6) is 5.75 Å². The number of amides is 2. The number of H-pyrrole nitrogens is 1. The summed E-state index contributed by atoms with van der Waals surface area (Å²) >= 11 is 0. The first-order chi connectivity index (χ1) is 17.9. The summed E-state index contributed by atoms with van der Waals surface area (Å²) in [6, 6.07) is 5.13. The highest BCUT2D eigenvalue weighted by molar-refractivity contribution is 5.96. The van der Waals surface area contributed by atoms with Crippen molar-refractivity contribution in [2.24, 2.45) is 0 Å². The van der Waals surface area contributed by atoms with Crippen LogP contribution in [0.2, 0.25) is 0 Å². The lowest BCUT2D eigenvalue weighted by atomic mass is 10.0. The van der Waals surface area contributed by atoms with Gasteiger partial charge in [0, 0.05) is 11.1 Å². The number of aromatic amines is 1. The van der Waals surface area contributed by atoms with Gasteiger partial charge >= 0.3 is 18.5 Å². The Labute approximate surface area is 224 Å². The Morgan fingerprint density at radius 2 is 1.51 bits per heavy atom. The van der Waals surface area contributed by atoms with Crippen LogP contribution in [0.15, 0.2) is 30.8 Å². The van der Waals surface area contributed by atoms with Gasteiger partial charge in [-0.3, -0.25) is 0 Å². The van der Waals surface area contributed by atoms with Crippen LogP contribution >= 0.6 is 0 Å². The molecule has 0 aliphatic rings. The van der Waals surface area contributed by atoms with Crippen molar-refractivity contribution >= 4 is 29.3 Å². The van der Waals surface area contributed by atoms with Crippen molar-refractivity contribution < 1.29 is 37.0 Å². The molecule has 0 saturated heterocycles. The number of alkyl halides is 3. The second-order valence-corrected chi connectivity index (χ2v) is 10.7. The maximum Gasteiger partial charge on any atom is 0.573 e. The van der Waals surface area contributed by atoms with Gasteiger partial charge in [-0.25, -0.2) is 24.5 Å². The molecule has 2 amide bonds. The number of aryl methyl sites for hydroxylation is 1. The Morgan fingerprint density at radius 1 is 0.974 bits per heavy atom. The fourth-order valence-electron chi connectivity index (χ4n) is 3.59. The van der Waals surface area contributed by atoms with Crippen LogP contribution in [0.1, 0.15) is 58.6 Å². The summed E-state index contributed by atoms with van der Waals surface area (Å²) in [5.41, 5.74) is 0.611. The van der Waals surface area contributed by atoms with Crippen LogP contribution in [0.25, 0.3) is 28.4 Å². The topological polar surface area (TPSA) is 107 Å². The van der Waals surface area contributed by atoms with Crippen molar-refractivity contribution in [2.75, 3.05) is 0 Å². The van der Waals surface area contributed by atoms with E-state index in [0.29, 0.717) is 33.7 Å². The fourth-order valence-corrected chi connectivity index (χ4v) is 3.59. The lowest BCUT2D eigenvalue weighted by Crippen LogP contribution is -2.43. The van der Waals surface area contributed by atoms with Gasteiger partial charge in [-0.15, -0.1) is 13.2 Å². The molecule has 0 spiro atoms. The molecule has 0 aliphatic carbocycles. The summed E-state index contributed by atoms with van der Waals surface area (Å²) in [6.45, 7) is 15.2. The van der Waals surface area contributed by atoms with Crippen LogP contribution in [0, 0.1) is 6.92 Å². The molecule has 9 nitrogen and oxygen atoms in total. The zero-order valence-corrected chi connectivity index (χ0v) is 22.8. The molecule has 12 heteroatoms. The molecule has 3 rings (SSSR count). The van der Waals surface area contributed by atoms with Gasteiger partial charge in [0.25, 0.3) is 0 Å². The molecule has 0 fully saturated rings. The number of aromatic nitrogens is 3. The van der Waals surface area contributed by atoms with Crippen molar-refractivity contribution in [1.29, 1.82) is 0 Å². The SMILES string of the molecule is C=Cc1c(CN(C(=O)OC(C)(C)C)C(=O)OC(C)(C)C)nc(-c2ccc(OC(F)(F)F)cc2)c2nc(C)[nH]c12. The first kappa shape index (κ1) is 29.5. The molecule has 0 bridgehead atoms. The maximum absolute atomic E-state index is 13.1. The number of imide groups is 1. The third-order valence-electron chi connectivity index (χ3n) is 4.97. The van der Waals surface area contributed by atoms with E-state index >= 15 is 0 Å². The number of carbonyl (C=O) groups excluding carboxylic acids is 2. The van der Waals surface area contributed by atoms with Gasteiger partial charge in [-0.2, -0.15) is 0 Å². The minimum atomic E-state index is -4.84. The highest BCUT2D eigenvalue weighted by Gasteiger charge is 2.33. The van der Waals surface area contributed by atoms with E-state index in [1.807, 2.05) is 0 Å². The van der Waals surface area contributed by atoms with E-state index in [2.05, 4.69) is 26.3 Å². The van der Waals surface area contributed by atoms with E-state index in [1.54, 1.807) is 48.5 Å². The molecule has 0 atom stereocenters. The molecule has 0 radical (unpaired) electrons. The van der Waals surface area contributed by atoms with Crippen molar-refractivity contribution in [3.8, 4) is 17.0 Å². The normalized spacial score (nSPS) is 12.3. The lowest BCUT2D eigenvalue weighted by molar-refractivity contribution is -0.274. The highest BCUT2D eigenvalue weighted by Crippen LogP contribution is 2.33. The van der Waals surface area contributed by atoms with Gasteiger partial charge in [0.15, 0.2) is 0 Å². The fraction of sp³-hybridized carbons (Fsp3) is 0.407. The number of nitrogens with one attached hydrogen (secondary N) is 1. The zero-order chi connectivity index (χ0) is 29.3. The minimum absolute atomic E-state index is 0.253. The number of ether oxygens (including phenoxy) is 3. The van der Waals surface area contributed by atoms with Gasteiger partial charge in [-0.05, 0) is 72.7 Å². The number of nitrogens with zero attached hydrogens (tertiary/aromatic N) is 3. The Morgan fingerprint density at radius 3 is 1.97 bits per heavy atom. The van der Waals surface area contributed by atoms with Gasteiger partial charge in [0.05, 0.1) is 23.4 Å². The van der Waals surface area contributed by atoms with Crippen LogP contribution in [0.4, 0.5) is 22.8 Å². The van der Waals surface area contributed by atoms with Crippen LogP contribution in [-0.2, 0) is 16.0 Å². The van der Waals surface area contributed by atoms with E-state index in [4.69, 9.17) is 9.47 Å². The van der Waals surface area contributed by atoms with Crippen LogP contribution < -0.4 is 4.74 Å². The first-order valence-electron chi connectivity index (χ1n) is 12.0. The van der Waals surface area contributed by atoms with Crippen molar-refractivity contribution in [2.45, 2.75) is 72.6 Å².